The van der Waals surface area contributed by atoms with Crippen LogP contribution in [0, 0.1) is 5.92 Å². The second-order valence-corrected chi connectivity index (χ2v) is 7.14. The van der Waals surface area contributed by atoms with Gasteiger partial charge in [0.2, 0.25) is 0 Å². The number of hydrogen-bond acceptors (Lipinski definition) is 4. The molecule has 0 unspecified atom stereocenters. The highest BCUT2D eigenvalue weighted by Gasteiger charge is 2.37. The number of ether oxygens (including phenoxy) is 1. The van der Waals surface area contributed by atoms with Crippen LogP contribution in [0.15, 0.2) is 30.7 Å². The van der Waals surface area contributed by atoms with E-state index in [1.165, 1.54) is 5.56 Å². The Hall–Kier alpha value is -2.12. The molecule has 0 radical (unpaired) electrons. The minimum absolute atomic E-state index is 0.0995. The van der Waals surface area contributed by atoms with E-state index in [1.54, 1.807) is 0 Å². The van der Waals surface area contributed by atoms with E-state index in [0.717, 1.165) is 31.9 Å². The summed E-state index contributed by atoms with van der Waals surface area (Å²) in [7, 11) is 3.85. The van der Waals surface area contributed by atoms with Gasteiger partial charge in [-0.05, 0) is 12.1 Å². The van der Waals surface area contributed by atoms with Gasteiger partial charge in [-0.3, -0.25) is 14.4 Å². The van der Waals surface area contributed by atoms with Crippen molar-refractivity contribution in [2.45, 2.75) is 12.6 Å². The van der Waals surface area contributed by atoms with E-state index in [1.807, 2.05) is 52.8 Å². The Labute approximate surface area is 147 Å². The molecule has 7 heteroatoms. The molecule has 4 rings (SSSR count). The molecule has 2 fully saturated rings. The number of aryl methyl sites for hydroxylation is 2. The quantitative estimate of drug-likeness (QED) is 0.825. The summed E-state index contributed by atoms with van der Waals surface area (Å²) in [4.78, 5) is 17.2. The van der Waals surface area contributed by atoms with Gasteiger partial charge in [-0.25, -0.2) is 0 Å². The second-order valence-electron chi connectivity index (χ2n) is 7.14. The van der Waals surface area contributed by atoms with Crippen molar-refractivity contribution in [3.63, 3.8) is 0 Å². The first-order chi connectivity index (χ1) is 12.1. The summed E-state index contributed by atoms with van der Waals surface area (Å²) >= 11 is 0. The number of hydrogen-bond donors (Lipinski definition) is 0. The number of amides is 1. The minimum atomic E-state index is 0.0995. The normalized spacial score (nSPS) is 24.3. The molecule has 0 spiro atoms. The van der Waals surface area contributed by atoms with Crippen LogP contribution in [0.5, 0.6) is 0 Å². The van der Waals surface area contributed by atoms with Crippen molar-refractivity contribution in [2.24, 2.45) is 20.0 Å². The van der Waals surface area contributed by atoms with Crippen molar-refractivity contribution < 1.29 is 9.53 Å². The number of fused-ring (bicyclic) bond motifs is 1. The number of carbonyl (C=O) groups excluding carboxylic acids is 1. The van der Waals surface area contributed by atoms with Gasteiger partial charge in [0.25, 0.3) is 5.91 Å². The van der Waals surface area contributed by atoms with Gasteiger partial charge in [-0.15, -0.1) is 0 Å². The van der Waals surface area contributed by atoms with Crippen LogP contribution in [0.25, 0.3) is 0 Å². The third kappa shape index (κ3) is 3.34. The molecule has 25 heavy (non-hydrogen) atoms. The van der Waals surface area contributed by atoms with Crippen molar-refractivity contribution >= 4 is 5.91 Å². The molecule has 7 nitrogen and oxygen atoms in total. The maximum atomic E-state index is 12.8. The van der Waals surface area contributed by atoms with E-state index in [4.69, 9.17) is 4.74 Å². The van der Waals surface area contributed by atoms with Crippen LogP contribution >= 0.6 is 0 Å². The van der Waals surface area contributed by atoms with Gasteiger partial charge in [0, 0.05) is 70.7 Å². The zero-order valence-corrected chi connectivity index (χ0v) is 14.8. The van der Waals surface area contributed by atoms with Gasteiger partial charge in [0.15, 0.2) is 0 Å². The molecule has 134 valence electrons. The van der Waals surface area contributed by atoms with Crippen LogP contribution in [0.2, 0.25) is 0 Å². The molecule has 4 heterocycles. The lowest BCUT2D eigenvalue weighted by atomic mass is 10.1. The highest BCUT2D eigenvalue weighted by atomic mass is 16.5. The Bertz CT molecular complexity index is 752. The third-order valence-corrected chi connectivity index (χ3v) is 5.22. The predicted octanol–water partition coefficient (Wildman–Crippen LogP) is 0.732. The summed E-state index contributed by atoms with van der Waals surface area (Å²) in [6.45, 7) is 4.80. The fraction of sp³-hybridized carbons (Fsp3) is 0.556. The number of nitrogens with zero attached hydrogens (tertiary/aromatic N) is 5. The monoisotopic (exact) mass is 343 g/mol. The highest BCUT2D eigenvalue weighted by molar-refractivity contribution is 5.92. The van der Waals surface area contributed by atoms with E-state index in [-0.39, 0.29) is 12.0 Å². The van der Waals surface area contributed by atoms with Crippen molar-refractivity contribution in [3.05, 3.63) is 42.0 Å². The topological polar surface area (TPSA) is 55.5 Å². The Morgan fingerprint density at radius 2 is 2.20 bits per heavy atom. The smallest absolute Gasteiger partial charge is 0.270 e. The molecule has 0 N–H and O–H groups in total. The molecule has 2 atom stereocenters. The first kappa shape index (κ1) is 16.4. The standard InChI is InChI=1S/C18H25N5O2/c1-20-5-3-4-16(20)18(24)23-6-7-25-17-13-22(11-15(17)12-23)10-14-8-19-21(2)9-14/h3-5,8-9,15,17H,6-7,10-13H2,1-2H3/t15-,17-/m0/s1. The maximum Gasteiger partial charge on any atom is 0.270 e. The van der Waals surface area contributed by atoms with E-state index in [0.29, 0.717) is 19.1 Å². The van der Waals surface area contributed by atoms with E-state index < -0.39 is 0 Å². The molecule has 0 aromatic carbocycles. The zero-order chi connectivity index (χ0) is 17.4. The Balaban J connectivity index is 1.42. The van der Waals surface area contributed by atoms with Crippen LogP contribution in [-0.2, 0) is 25.4 Å². The van der Waals surface area contributed by atoms with Gasteiger partial charge in [-0.2, -0.15) is 5.10 Å². The molecule has 2 aromatic rings. The van der Waals surface area contributed by atoms with Gasteiger partial charge >= 0.3 is 0 Å². The molecule has 2 saturated heterocycles. The minimum Gasteiger partial charge on any atom is -0.375 e. The zero-order valence-electron chi connectivity index (χ0n) is 14.8. The summed E-state index contributed by atoms with van der Waals surface area (Å²) in [6, 6.07) is 3.80. The number of carbonyl (C=O) groups is 1. The van der Waals surface area contributed by atoms with E-state index in [9.17, 15) is 4.79 Å². The molecule has 2 aliphatic rings. The summed E-state index contributed by atoms with van der Waals surface area (Å²) < 4.78 is 9.78. The largest absolute Gasteiger partial charge is 0.375 e. The SMILES string of the molecule is Cn1cc(CN2C[C@H]3CN(C(=O)c4cccn4C)CCO[C@H]3C2)cn1. The number of aromatic nitrogens is 3. The van der Waals surface area contributed by atoms with Crippen LogP contribution in [0.4, 0.5) is 0 Å². The lowest BCUT2D eigenvalue weighted by molar-refractivity contribution is 0.0500. The highest BCUT2D eigenvalue weighted by Crippen LogP contribution is 2.25. The van der Waals surface area contributed by atoms with Crippen LogP contribution in [0.1, 0.15) is 16.1 Å². The van der Waals surface area contributed by atoms with Crippen LogP contribution in [0.3, 0.4) is 0 Å². The van der Waals surface area contributed by atoms with Gasteiger partial charge in [0.05, 0.1) is 18.9 Å². The Kier molecular flexibility index (Phi) is 4.35. The Morgan fingerprint density at radius 1 is 1.32 bits per heavy atom. The third-order valence-electron chi connectivity index (χ3n) is 5.22. The van der Waals surface area contributed by atoms with Crippen molar-refractivity contribution in [1.82, 2.24) is 24.1 Å². The molecular weight excluding hydrogens is 318 g/mol. The van der Waals surface area contributed by atoms with Gasteiger partial charge < -0.3 is 14.2 Å². The predicted molar refractivity (Wildman–Crippen MR) is 93.0 cm³/mol. The summed E-state index contributed by atoms with van der Waals surface area (Å²) in [5, 5.41) is 4.24. The number of rotatable bonds is 3. The average Bonchev–Trinajstić information content (AvgIpc) is 3.25. The van der Waals surface area contributed by atoms with Gasteiger partial charge in [0.1, 0.15) is 5.69 Å². The van der Waals surface area contributed by atoms with Crippen LogP contribution in [-0.4, -0.2) is 68.9 Å². The number of likely N-dealkylation sites (tertiary alicyclic amines) is 1. The van der Waals surface area contributed by atoms with Gasteiger partial charge in [-0.1, -0.05) is 0 Å². The van der Waals surface area contributed by atoms with Crippen molar-refractivity contribution in [2.75, 3.05) is 32.8 Å². The molecule has 0 aliphatic carbocycles. The molecule has 0 bridgehead atoms. The average molecular weight is 343 g/mol. The Morgan fingerprint density at radius 3 is 2.92 bits per heavy atom. The molecule has 2 aliphatic heterocycles. The first-order valence-electron chi connectivity index (χ1n) is 8.82. The van der Waals surface area contributed by atoms with Crippen LogP contribution < -0.4 is 0 Å². The summed E-state index contributed by atoms with van der Waals surface area (Å²) in [5.41, 5.74) is 1.96. The fourth-order valence-corrected chi connectivity index (χ4v) is 3.95. The first-order valence-corrected chi connectivity index (χ1v) is 8.82. The van der Waals surface area contributed by atoms with Crippen molar-refractivity contribution in [1.29, 1.82) is 0 Å². The van der Waals surface area contributed by atoms with E-state index >= 15 is 0 Å². The lowest BCUT2D eigenvalue weighted by Gasteiger charge is -2.24. The lowest BCUT2D eigenvalue weighted by Crippen LogP contribution is -2.38. The molecule has 1 amide bonds. The molecule has 2 aromatic heterocycles. The summed E-state index contributed by atoms with van der Waals surface area (Å²) in [5.74, 6) is 0.464. The maximum absolute atomic E-state index is 12.8. The van der Waals surface area contributed by atoms with Crippen molar-refractivity contribution in [3.8, 4) is 0 Å². The fourth-order valence-electron chi connectivity index (χ4n) is 3.95. The van der Waals surface area contributed by atoms with E-state index in [2.05, 4.69) is 16.2 Å². The molecule has 0 saturated carbocycles. The molecular formula is C18H25N5O2. The second kappa shape index (κ2) is 6.65. The summed E-state index contributed by atoms with van der Waals surface area (Å²) in [6.07, 6.45) is 6.10.